The van der Waals surface area contributed by atoms with Gasteiger partial charge >= 0.3 is 0 Å². The SMILES string of the molecule is CCCCCCCCCCCCCCNC(=O)c1cn2c3c(c(N4CCN(C)CC4)c(F)cc3c1=O)OC[C@@H]2C. The van der Waals surface area contributed by atoms with E-state index in [9.17, 15) is 9.59 Å². The Morgan fingerprint density at radius 2 is 1.57 bits per heavy atom. The van der Waals surface area contributed by atoms with E-state index in [1.54, 1.807) is 6.20 Å². The second-order valence-corrected chi connectivity index (χ2v) is 11.8. The Morgan fingerprint density at radius 3 is 2.20 bits per heavy atom. The molecule has 0 spiro atoms. The molecular formula is C32H49FN4O3. The molecule has 4 rings (SSSR count). The average molecular weight is 557 g/mol. The predicted octanol–water partition coefficient (Wildman–Crippen LogP) is 6.28. The van der Waals surface area contributed by atoms with Crippen LogP contribution in [0.5, 0.6) is 5.75 Å². The van der Waals surface area contributed by atoms with Gasteiger partial charge in [0.25, 0.3) is 5.91 Å². The molecule has 1 amide bonds. The minimum atomic E-state index is -0.473. The molecule has 2 aromatic rings. The lowest BCUT2D eigenvalue weighted by atomic mass is 10.0. The highest BCUT2D eigenvalue weighted by Gasteiger charge is 2.31. The van der Waals surface area contributed by atoms with Crippen LogP contribution >= 0.6 is 0 Å². The number of anilines is 1. The first-order valence-corrected chi connectivity index (χ1v) is 15.7. The first-order valence-electron chi connectivity index (χ1n) is 15.7. The van der Waals surface area contributed by atoms with Crippen molar-refractivity contribution in [1.29, 1.82) is 0 Å². The number of amides is 1. The second kappa shape index (κ2) is 14.9. The van der Waals surface area contributed by atoms with Crippen molar-refractivity contribution in [2.45, 2.75) is 96.9 Å². The van der Waals surface area contributed by atoms with Gasteiger partial charge in [0.05, 0.1) is 16.9 Å². The third-order valence-corrected chi connectivity index (χ3v) is 8.52. The Bertz CT molecular complexity index is 1190. The van der Waals surface area contributed by atoms with E-state index in [-0.39, 0.29) is 22.9 Å². The number of carbonyl (C=O) groups is 1. The van der Waals surface area contributed by atoms with Crippen molar-refractivity contribution in [3.63, 3.8) is 0 Å². The van der Waals surface area contributed by atoms with E-state index in [1.807, 2.05) is 16.4 Å². The highest BCUT2D eigenvalue weighted by Crippen LogP contribution is 2.42. The van der Waals surface area contributed by atoms with E-state index in [1.165, 1.54) is 70.3 Å². The van der Waals surface area contributed by atoms with Crippen molar-refractivity contribution >= 4 is 22.5 Å². The van der Waals surface area contributed by atoms with Crippen molar-refractivity contribution in [2.24, 2.45) is 0 Å². The molecule has 1 N–H and O–H groups in total. The van der Waals surface area contributed by atoms with Gasteiger partial charge in [0, 0.05) is 38.9 Å². The molecule has 8 heteroatoms. The van der Waals surface area contributed by atoms with Crippen LogP contribution in [0.1, 0.15) is 107 Å². The van der Waals surface area contributed by atoms with Gasteiger partial charge in [-0.3, -0.25) is 9.59 Å². The Labute approximate surface area is 239 Å². The van der Waals surface area contributed by atoms with E-state index in [2.05, 4.69) is 24.2 Å². The largest absolute Gasteiger partial charge is 0.487 e. The number of nitrogens with zero attached hydrogens (tertiary/aromatic N) is 3. The van der Waals surface area contributed by atoms with Crippen LogP contribution in [0.25, 0.3) is 10.9 Å². The highest BCUT2D eigenvalue weighted by molar-refractivity contribution is 6.00. The summed E-state index contributed by atoms with van der Waals surface area (Å²) < 4.78 is 23.5. The topological polar surface area (TPSA) is 66.8 Å². The molecule has 0 bridgehead atoms. The summed E-state index contributed by atoms with van der Waals surface area (Å²) in [6, 6.07) is 1.22. The van der Waals surface area contributed by atoms with Crippen molar-refractivity contribution in [1.82, 2.24) is 14.8 Å². The summed E-state index contributed by atoms with van der Waals surface area (Å²) in [6.45, 7) is 8.17. The van der Waals surface area contributed by atoms with Crippen LogP contribution < -0.4 is 20.4 Å². The number of rotatable bonds is 15. The number of pyridine rings is 1. The van der Waals surface area contributed by atoms with Crippen LogP contribution in [-0.4, -0.2) is 61.8 Å². The van der Waals surface area contributed by atoms with E-state index in [0.717, 1.165) is 25.9 Å². The van der Waals surface area contributed by atoms with Gasteiger partial charge in [-0.15, -0.1) is 0 Å². The number of ether oxygens (including phenoxy) is 1. The third kappa shape index (κ3) is 7.36. The van der Waals surface area contributed by atoms with Gasteiger partial charge in [0.2, 0.25) is 5.43 Å². The van der Waals surface area contributed by atoms with Crippen LogP contribution in [-0.2, 0) is 0 Å². The molecule has 1 saturated heterocycles. The van der Waals surface area contributed by atoms with Gasteiger partial charge in [0.1, 0.15) is 17.9 Å². The number of unbranched alkanes of at least 4 members (excludes halogenated alkanes) is 11. The summed E-state index contributed by atoms with van der Waals surface area (Å²) in [5, 5.41) is 3.13. The lowest BCUT2D eigenvalue weighted by Gasteiger charge is -2.37. The van der Waals surface area contributed by atoms with E-state index < -0.39 is 11.2 Å². The predicted molar refractivity (Wildman–Crippen MR) is 161 cm³/mol. The molecule has 2 aliphatic rings. The summed E-state index contributed by atoms with van der Waals surface area (Å²) in [5.41, 5.74) is 0.625. The first kappa shape index (κ1) is 30.4. The van der Waals surface area contributed by atoms with Crippen molar-refractivity contribution < 1.29 is 13.9 Å². The number of halogens is 1. The second-order valence-electron chi connectivity index (χ2n) is 11.8. The number of hydrogen-bond acceptors (Lipinski definition) is 5. The zero-order valence-electron chi connectivity index (χ0n) is 24.9. The molecule has 7 nitrogen and oxygen atoms in total. The molecule has 222 valence electrons. The monoisotopic (exact) mass is 556 g/mol. The van der Waals surface area contributed by atoms with Crippen LogP contribution in [0.15, 0.2) is 17.1 Å². The Balaban J connectivity index is 1.33. The molecule has 1 atom stereocenters. The number of aromatic nitrogens is 1. The van der Waals surface area contributed by atoms with E-state index in [0.29, 0.717) is 43.2 Å². The van der Waals surface area contributed by atoms with Gasteiger partial charge in [-0.05, 0) is 26.5 Å². The van der Waals surface area contributed by atoms with Crippen molar-refractivity contribution in [3.05, 3.63) is 33.9 Å². The van der Waals surface area contributed by atoms with Gasteiger partial charge in [-0.1, -0.05) is 77.6 Å². The normalized spacial score (nSPS) is 17.3. The lowest BCUT2D eigenvalue weighted by Crippen LogP contribution is -2.45. The maximum atomic E-state index is 15.5. The zero-order valence-corrected chi connectivity index (χ0v) is 24.9. The average Bonchev–Trinajstić information content (AvgIpc) is 2.94. The molecule has 0 radical (unpaired) electrons. The smallest absolute Gasteiger partial charge is 0.256 e. The number of carbonyl (C=O) groups excluding carboxylic acids is 1. The minimum absolute atomic E-state index is 0.0675. The maximum Gasteiger partial charge on any atom is 0.256 e. The summed E-state index contributed by atoms with van der Waals surface area (Å²) >= 11 is 0. The van der Waals surface area contributed by atoms with Crippen LogP contribution in [0.3, 0.4) is 0 Å². The number of benzene rings is 1. The number of likely N-dealkylation sites (N-methyl/N-ethyl adjacent to an activating group) is 1. The molecule has 0 unspecified atom stereocenters. The third-order valence-electron chi connectivity index (χ3n) is 8.52. The molecule has 0 saturated carbocycles. The maximum absolute atomic E-state index is 15.5. The quantitative estimate of drug-likeness (QED) is 0.262. The minimum Gasteiger partial charge on any atom is -0.487 e. The van der Waals surface area contributed by atoms with Gasteiger partial charge < -0.3 is 24.4 Å². The molecule has 1 aromatic heterocycles. The molecule has 40 heavy (non-hydrogen) atoms. The lowest BCUT2D eigenvalue weighted by molar-refractivity contribution is 0.0950. The van der Waals surface area contributed by atoms with Gasteiger partial charge in [-0.2, -0.15) is 0 Å². The van der Waals surface area contributed by atoms with Gasteiger partial charge in [0.15, 0.2) is 11.6 Å². The summed E-state index contributed by atoms with van der Waals surface area (Å²) in [5.74, 6) is -0.444. The standard InChI is InChI=1S/C32H49FN4O3/c1-4-5-6-7-8-9-10-11-12-13-14-15-16-34-32(39)26-22-37-24(2)23-40-31-28(37)25(30(26)38)21-27(33)29(31)36-19-17-35(3)18-20-36/h21-22,24H,4-20,23H2,1-3H3,(H,34,39)/t24-/m0/s1. The summed E-state index contributed by atoms with van der Waals surface area (Å²) in [4.78, 5) is 30.7. The number of nitrogens with one attached hydrogen (secondary N) is 1. The van der Waals surface area contributed by atoms with Crippen LogP contribution in [0.4, 0.5) is 10.1 Å². The fourth-order valence-electron chi connectivity index (χ4n) is 5.96. The first-order chi connectivity index (χ1) is 19.4. The van der Waals surface area contributed by atoms with Crippen LogP contribution in [0, 0.1) is 5.82 Å². The fourth-order valence-corrected chi connectivity index (χ4v) is 5.96. The molecule has 0 aliphatic carbocycles. The Kier molecular flexibility index (Phi) is 11.3. The fraction of sp³-hybridized carbons (Fsp3) is 0.688. The van der Waals surface area contributed by atoms with Crippen LogP contribution in [0.2, 0.25) is 0 Å². The van der Waals surface area contributed by atoms with Crippen molar-refractivity contribution in [3.8, 4) is 5.75 Å². The number of hydrogen-bond donors (Lipinski definition) is 1. The molecule has 2 aliphatic heterocycles. The van der Waals surface area contributed by atoms with Crippen molar-refractivity contribution in [2.75, 3.05) is 51.3 Å². The molecule has 3 heterocycles. The Hall–Kier alpha value is -2.61. The Morgan fingerprint density at radius 1 is 0.975 bits per heavy atom. The number of piperazine rings is 1. The van der Waals surface area contributed by atoms with E-state index in [4.69, 9.17) is 4.74 Å². The highest BCUT2D eigenvalue weighted by atomic mass is 19.1. The van der Waals surface area contributed by atoms with Gasteiger partial charge in [-0.25, -0.2) is 4.39 Å². The summed E-state index contributed by atoms with van der Waals surface area (Å²) in [7, 11) is 2.05. The molecule has 1 aromatic carbocycles. The molecule has 1 fully saturated rings. The zero-order chi connectivity index (χ0) is 28.5. The summed E-state index contributed by atoms with van der Waals surface area (Å²) in [6.07, 6.45) is 16.7. The molecular weight excluding hydrogens is 507 g/mol. The van der Waals surface area contributed by atoms with E-state index >= 15 is 4.39 Å².